The monoisotopic (exact) mass is 498 g/mol. The number of anilines is 1. The van der Waals surface area contributed by atoms with Crippen molar-refractivity contribution in [3.63, 3.8) is 0 Å². The fraction of sp³-hybridized carbons (Fsp3) is 0.200. The third-order valence-electron chi connectivity index (χ3n) is 4.72. The van der Waals surface area contributed by atoms with Gasteiger partial charge in [-0.05, 0) is 42.3 Å². The lowest BCUT2D eigenvalue weighted by molar-refractivity contribution is 0.287. The van der Waals surface area contributed by atoms with Crippen molar-refractivity contribution in [2.24, 2.45) is 0 Å². The molecule has 2 N–H and O–H groups in total. The molecule has 1 aliphatic rings. The maximum absolute atomic E-state index is 14.6. The van der Waals surface area contributed by atoms with Crippen molar-refractivity contribution in [3.05, 3.63) is 70.2 Å². The highest BCUT2D eigenvalue weighted by molar-refractivity contribution is 7.93. The Kier molecular flexibility index (Phi) is 6.70. The van der Waals surface area contributed by atoms with E-state index in [1.54, 1.807) is 12.1 Å². The van der Waals surface area contributed by atoms with E-state index in [1.165, 1.54) is 17.6 Å². The van der Waals surface area contributed by atoms with Crippen molar-refractivity contribution in [2.75, 3.05) is 17.9 Å². The molecule has 0 saturated heterocycles. The van der Waals surface area contributed by atoms with Crippen LogP contribution < -0.4 is 14.8 Å². The summed E-state index contributed by atoms with van der Waals surface area (Å²) in [7, 11) is -4.25. The molecule has 12 heteroatoms. The number of rotatable bonds is 7. The molecule has 0 spiro atoms. The van der Waals surface area contributed by atoms with Gasteiger partial charge in [-0.15, -0.1) is 10.2 Å². The molecule has 4 rings (SSSR count). The van der Waals surface area contributed by atoms with Gasteiger partial charge in [-0.3, -0.25) is 4.72 Å². The van der Waals surface area contributed by atoms with Crippen LogP contribution in [0.15, 0.2) is 52.9 Å². The normalized spacial score (nSPS) is 16.5. The maximum atomic E-state index is 14.6. The summed E-state index contributed by atoms with van der Waals surface area (Å²) in [5, 5.41) is 10.4. The summed E-state index contributed by atoms with van der Waals surface area (Å²) in [4.78, 5) is -0.632. The number of sulfonamides is 1. The van der Waals surface area contributed by atoms with Crippen LogP contribution in [-0.2, 0) is 10.0 Å². The Bertz CT molecular complexity index is 1240. The van der Waals surface area contributed by atoms with E-state index >= 15 is 0 Å². The minimum absolute atomic E-state index is 0.00401. The summed E-state index contributed by atoms with van der Waals surface area (Å²) in [5.41, 5.74) is 3.11. The highest BCUT2D eigenvalue weighted by Crippen LogP contribution is 2.32. The molecule has 0 saturated carbocycles. The van der Waals surface area contributed by atoms with Crippen molar-refractivity contribution >= 4 is 43.7 Å². The van der Waals surface area contributed by atoms with Gasteiger partial charge in [0.1, 0.15) is 34.4 Å². The number of halogens is 3. The first-order valence-electron chi connectivity index (χ1n) is 9.44. The van der Waals surface area contributed by atoms with Crippen LogP contribution in [0.25, 0.3) is 5.57 Å². The third kappa shape index (κ3) is 5.07. The van der Waals surface area contributed by atoms with E-state index in [0.29, 0.717) is 0 Å². The Morgan fingerprint density at radius 2 is 2.03 bits per heavy atom. The predicted octanol–water partition coefficient (Wildman–Crippen LogP) is 4.09. The fourth-order valence-corrected chi connectivity index (χ4v) is 5.30. The van der Waals surface area contributed by atoms with Gasteiger partial charge in [-0.2, -0.15) is 0 Å². The standard InChI is InChI=1S/C20H17ClF2N4O3S2/c21-15-8-19(32(28,29)27-20-26-25-11-31-20)16(23)9-18(15)30-10-17-14(2-1-7-24-17)12-3-5-13(22)6-4-12/h2-6,8-9,11,17,24H,1,7,10H2,(H,26,27). The van der Waals surface area contributed by atoms with Gasteiger partial charge in [0.25, 0.3) is 10.0 Å². The zero-order valence-electron chi connectivity index (χ0n) is 16.4. The molecule has 7 nitrogen and oxygen atoms in total. The predicted molar refractivity (Wildman–Crippen MR) is 118 cm³/mol. The van der Waals surface area contributed by atoms with E-state index in [2.05, 4.69) is 20.2 Å². The molecule has 3 aromatic rings. The molecule has 32 heavy (non-hydrogen) atoms. The molecule has 0 fully saturated rings. The van der Waals surface area contributed by atoms with Crippen LogP contribution in [-0.4, -0.2) is 37.8 Å². The van der Waals surface area contributed by atoms with Gasteiger partial charge in [0.05, 0.1) is 11.1 Å². The molecular formula is C20H17ClF2N4O3S2. The van der Waals surface area contributed by atoms with Gasteiger partial charge in [0, 0.05) is 6.07 Å². The van der Waals surface area contributed by atoms with Gasteiger partial charge in [-0.1, -0.05) is 41.1 Å². The first-order valence-corrected chi connectivity index (χ1v) is 12.2. The van der Waals surface area contributed by atoms with Crippen LogP contribution in [0.5, 0.6) is 5.75 Å². The van der Waals surface area contributed by atoms with Crippen molar-refractivity contribution in [2.45, 2.75) is 17.4 Å². The highest BCUT2D eigenvalue weighted by Gasteiger charge is 2.24. The molecular weight excluding hydrogens is 482 g/mol. The van der Waals surface area contributed by atoms with E-state index < -0.39 is 20.7 Å². The van der Waals surface area contributed by atoms with E-state index in [4.69, 9.17) is 16.3 Å². The number of benzene rings is 2. The van der Waals surface area contributed by atoms with E-state index in [-0.39, 0.29) is 34.4 Å². The number of hydrogen-bond donors (Lipinski definition) is 2. The Morgan fingerprint density at radius 3 is 2.75 bits per heavy atom. The number of hydrogen-bond acceptors (Lipinski definition) is 7. The van der Waals surface area contributed by atoms with Crippen molar-refractivity contribution in [3.8, 4) is 5.75 Å². The van der Waals surface area contributed by atoms with Gasteiger partial charge in [0.2, 0.25) is 5.13 Å². The summed E-state index contributed by atoms with van der Waals surface area (Å²) < 4.78 is 60.7. The molecule has 0 radical (unpaired) electrons. The largest absolute Gasteiger partial charge is 0.490 e. The Morgan fingerprint density at radius 1 is 1.25 bits per heavy atom. The Hall–Kier alpha value is -2.60. The molecule has 2 aromatic carbocycles. The number of nitrogens with one attached hydrogen (secondary N) is 2. The average Bonchev–Trinajstić information content (AvgIpc) is 3.27. The van der Waals surface area contributed by atoms with Crippen LogP contribution in [0.4, 0.5) is 13.9 Å². The van der Waals surface area contributed by atoms with Crippen molar-refractivity contribution < 1.29 is 21.9 Å². The first kappa shape index (κ1) is 22.6. The van der Waals surface area contributed by atoms with Gasteiger partial charge in [0.15, 0.2) is 0 Å². The van der Waals surface area contributed by atoms with E-state index in [0.717, 1.165) is 47.6 Å². The first-order chi connectivity index (χ1) is 15.3. The SMILES string of the molecule is O=S(=O)(Nc1nncs1)c1cc(Cl)c(OCC2NCCC=C2c2ccc(F)cc2)cc1F. The zero-order valence-corrected chi connectivity index (χ0v) is 18.8. The minimum Gasteiger partial charge on any atom is -0.490 e. The van der Waals surface area contributed by atoms with Gasteiger partial charge < -0.3 is 10.1 Å². The number of aromatic nitrogens is 2. The molecule has 0 amide bonds. The summed E-state index contributed by atoms with van der Waals surface area (Å²) in [5.74, 6) is -1.35. The van der Waals surface area contributed by atoms with Crippen molar-refractivity contribution in [1.29, 1.82) is 0 Å². The molecule has 1 atom stereocenters. The molecule has 0 bridgehead atoms. The fourth-order valence-electron chi connectivity index (χ4n) is 3.23. The average molecular weight is 499 g/mol. The van der Waals surface area contributed by atoms with Crippen LogP contribution in [0.2, 0.25) is 5.02 Å². The quantitative estimate of drug-likeness (QED) is 0.509. The van der Waals surface area contributed by atoms with Crippen LogP contribution in [0.1, 0.15) is 12.0 Å². The highest BCUT2D eigenvalue weighted by atomic mass is 35.5. The molecule has 1 aliphatic heterocycles. The Balaban J connectivity index is 1.51. The summed E-state index contributed by atoms with van der Waals surface area (Å²) in [6, 6.07) is 7.79. The van der Waals surface area contributed by atoms with Crippen LogP contribution in [0.3, 0.4) is 0 Å². The smallest absolute Gasteiger partial charge is 0.266 e. The Labute approximate surface area is 192 Å². The minimum atomic E-state index is -4.25. The third-order valence-corrected chi connectivity index (χ3v) is 7.10. The lowest BCUT2D eigenvalue weighted by Crippen LogP contribution is -2.38. The maximum Gasteiger partial charge on any atom is 0.266 e. The molecule has 1 unspecified atom stereocenters. The summed E-state index contributed by atoms with van der Waals surface area (Å²) in [6.07, 6.45) is 2.83. The van der Waals surface area contributed by atoms with Crippen LogP contribution in [0, 0.1) is 11.6 Å². The van der Waals surface area contributed by atoms with Crippen LogP contribution >= 0.6 is 22.9 Å². The number of nitrogens with zero attached hydrogens (tertiary/aromatic N) is 2. The van der Waals surface area contributed by atoms with Gasteiger partial charge >= 0.3 is 0 Å². The second-order valence-electron chi connectivity index (χ2n) is 6.84. The second kappa shape index (κ2) is 9.49. The summed E-state index contributed by atoms with van der Waals surface area (Å²) in [6.45, 7) is 0.826. The van der Waals surface area contributed by atoms with E-state index in [1.807, 2.05) is 6.08 Å². The lowest BCUT2D eigenvalue weighted by Gasteiger charge is -2.26. The second-order valence-corrected chi connectivity index (χ2v) is 9.73. The molecule has 0 aliphatic carbocycles. The van der Waals surface area contributed by atoms with Gasteiger partial charge in [-0.25, -0.2) is 17.2 Å². The molecule has 168 valence electrons. The lowest BCUT2D eigenvalue weighted by atomic mass is 9.95. The molecule has 1 aromatic heterocycles. The topological polar surface area (TPSA) is 93.2 Å². The molecule has 2 heterocycles. The number of ether oxygens (including phenoxy) is 1. The summed E-state index contributed by atoms with van der Waals surface area (Å²) >= 11 is 7.15. The van der Waals surface area contributed by atoms with E-state index in [9.17, 15) is 17.2 Å². The zero-order chi connectivity index (χ0) is 22.7. The van der Waals surface area contributed by atoms with Crippen molar-refractivity contribution in [1.82, 2.24) is 15.5 Å².